The van der Waals surface area contributed by atoms with E-state index in [4.69, 9.17) is 0 Å². The van der Waals surface area contributed by atoms with Gasteiger partial charge >= 0.3 is 0 Å². The van der Waals surface area contributed by atoms with E-state index < -0.39 is 0 Å². The van der Waals surface area contributed by atoms with Gasteiger partial charge < -0.3 is 14.5 Å². The fourth-order valence-corrected chi connectivity index (χ4v) is 3.86. The van der Waals surface area contributed by atoms with E-state index in [1.807, 2.05) is 59.8 Å². The maximum Gasteiger partial charge on any atom is 0.256 e. The molecule has 0 aliphatic carbocycles. The summed E-state index contributed by atoms with van der Waals surface area (Å²) in [4.78, 5) is 22.9. The number of hydrogen-bond acceptors (Lipinski definition) is 2. The first-order valence-corrected chi connectivity index (χ1v) is 8.71. The lowest BCUT2D eigenvalue weighted by molar-refractivity contribution is 0.0732. The number of carbonyl (C=O) groups is 1. The van der Waals surface area contributed by atoms with Crippen LogP contribution in [0.3, 0.4) is 0 Å². The van der Waals surface area contributed by atoms with Crippen molar-refractivity contribution in [2.24, 2.45) is 0 Å². The summed E-state index contributed by atoms with van der Waals surface area (Å²) in [6.07, 6.45) is 5.74. The number of amides is 1. The molecule has 4 rings (SSSR count). The van der Waals surface area contributed by atoms with E-state index in [9.17, 15) is 4.79 Å². The van der Waals surface area contributed by atoms with Crippen molar-refractivity contribution in [2.45, 2.75) is 32.7 Å². The van der Waals surface area contributed by atoms with Crippen LogP contribution in [0, 0.1) is 13.8 Å². The highest BCUT2D eigenvalue weighted by atomic mass is 16.2. The molecule has 0 radical (unpaired) electrons. The molecule has 1 saturated heterocycles. The largest absolute Gasteiger partial charge is 0.363 e. The predicted octanol–water partition coefficient (Wildman–Crippen LogP) is 3.79. The van der Waals surface area contributed by atoms with Crippen LogP contribution in [0.15, 0.2) is 48.8 Å². The Bertz CT molecular complexity index is 880. The Morgan fingerprint density at radius 2 is 2.12 bits per heavy atom. The molecule has 5 nitrogen and oxygen atoms in total. The summed E-state index contributed by atoms with van der Waals surface area (Å²) in [5, 5.41) is 0. The van der Waals surface area contributed by atoms with Crippen LogP contribution >= 0.6 is 0 Å². The second-order valence-electron chi connectivity index (χ2n) is 6.59. The monoisotopic (exact) mass is 334 g/mol. The summed E-state index contributed by atoms with van der Waals surface area (Å²) in [5.41, 5.74) is 3.85. The maximum atomic E-state index is 13.2. The highest BCUT2D eigenvalue weighted by Crippen LogP contribution is 2.33. The Labute approximate surface area is 147 Å². The Hall–Kier alpha value is -2.82. The fourth-order valence-electron chi connectivity index (χ4n) is 3.86. The van der Waals surface area contributed by atoms with Crippen molar-refractivity contribution in [3.63, 3.8) is 0 Å². The SMILES string of the molecule is Cc1cc(C(=O)N2CCC[C@H]2c2ccc[nH]2)c(C)n1-c1ccccn1. The Morgan fingerprint density at radius 3 is 2.84 bits per heavy atom. The number of nitrogens with one attached hydrogen (secondary N) is 1. The molecule has 1 atom stereocenters. The van der Waals surface area contributed by atoms with Gasteiger partial charge in [0.05, 0.1) is 11.6 Å². The first-order valence-electron chi connectivity index (χ1n) is 8.71. The molecule has 1 fully saturated rings. The molecule has 1 aliphatic rings. The molecular formula is C20H22N4O. The molecule has 25 heavy (non-hydrogen) atoms. The summed E-state index contributed by atoms with van der Waals surface area (Å²) in [6.45, 7) is 4.81. The molecule has 4 heterocycles. The van der Waals surface area contributed by atoms with Crippen molar-refractivity contribution in [2.75, 3.05) is 6.54 Å². The topological polar surface area (TPSA) is 53.9 Å². The molecule has 0 bridgehead atoms. The van der Waals surface area contributed by atoms with Crippen LogP contribution in [0.2, 0.25) is 0 Å². The van der Waals surface area contributed by atoms with Crippen molar-refractivity contribution >= 4 is 5.91 Å². The molecule has 3 aromatic heterocycles. The number of likely N-dealkylation sites (tertiary alicyclic amines) is 1. The van der Waals surface area contributed by atoms with Crippen LogP contribution in [-0.4, -0.2) is 31.9 Å². The summed E-state index contributed by atoms with van der Waals surface area (Å²) in [6, 6.07) is 12.0. The number of nitrogens with zero attached hydrogens (tertiary/aromatic N) is 3. The van der Waals surface area contributed by atoms with E-state index in [-0.39, 0.29) is 11.9 Å². The highest BCUT2D eigenvalue weighted by Gasteiger charge is 2.32. The number of carbonyl (C=O) groups excluding carboxylic acids is 1. The van der Waals surface area contributed by atoms with Crippen LogP contribution in [0.25, 0.3) is 5.82 Å². The molecule has 1 N–H and O–H groups in total. The van der Waals surface area contributed by atoms with E-state index in [0.29, 0.717) is 0 Å². The molecule has 1 amide bonds. The van der Waals surface area contributed by atoms with Crippen molar-refractivity contribution in [1.82, 2.24) is 19.4 Å². The lowest BCUT2D eigenvalue weighted by Gasteiger charge is -2.24. The van der Waals surface area contributed by atoms with Crippen molar-refractivity contribution in [3.8, 4) is 5.82 Å². The molecule has 5 heteroatoms. The minimum atomic E-state index is 0.104. The third kappa shape index (κ3) is 2.65. The van der Waals surface area contributed by atoms with Crippen LogP contribution in [-0.2, 0) is 0 Å². The highest BCUT2D eigenvalue weighted by molar-refractivity contribution is 5.96. The van der Waals surface area contributed by atoms with Gasteiger partial charge in [-0.15, -0.1) is 0 Å². The minimum absolute atomic E-state index is 0.104. The second-order valence-corrected chi connectivity index (χ2v) is 6.59. The van der Waals surface area contributed by atoms with Crippen LogP contribution in [0.1, 0.15) is 46.3 Å². The number of pyridine rings is 1. The van der Waals surface area contributed by atoms with Crippen LogP contribution in [0.4, 0.5) is 0 Å². The Kier molecular flexibility index (Phi) is 3.92. The van der Waals surface area contributed by atoms with Gasteiger partial charge in [-0.05, 0) is 57.0 Å². The quantitative estimate of drug-likeness (QED) is 0.792. The third-order valence-corrected chi connectivity index (χ3v) is 5.03. The standard InChI is InChI=1S/C20H22N4O/c1-14-13-16(15(2)24(14)19-9-3-4-10-22-19)20(25)23-12-6-8-18(23)17-7-5-11-21-17/h3-5,7,9-11,13,18,21H,6,8,12H2,1-2H3/t18-/m0/s1. The summed E-state index contributed by atoms with van der Waals surface area (Å²) in [5.74, 6) is 0.950. The van der Waals surface area contributed by atoms with Crippen molar-refractivity contribution < 1.29 is 4.79 Å². The second kappa shape index (κ2) is 6.24. The van der Waals surface area contributed by atoms with E-state index >= 15 is 0 Å². The summed E-state index contributed by atoms with van der Waals surface area (Å²) >= 11 is 0. The molecule has 0 saturated carbocycles. The summed E-state index contributed by atoms with van der Waals surface area (Å²) in [7, 11) is 0. The Morgan fingerprint density at radius 1 is 1.24 bits per heavy atom. The average molecular weight is 334 g/mol. The first kappa shape index (κ1) is 15.7. The maximum absolute atomic E-state index is 13.2. The number of hydrogen-bond donors (Lipinski definition) is 1. The van der Waals surface area contributed by atoms with Crippen LogP contribution < -0.4 is 0 Å². The molecule has 0 spiro atoms. The first-order chi connectivity index (χ1) is 12.2. The minimum Gasteiger partial charge on any atom is -0.363 e. The number of aromatic amines is 1. The van der Waals surface area contributed by atoms with Gasteiger partial charge in [0, 0.05) is 36.0 Å². The molecule has 0 aromatic carbocycles. The molecule has 128 valence electrons. The van der Waals surface area contributed by atoms with Crippen molar-refractivity contribution in [1.29, 1.82) is 0 Å². The number of rotatable bonds is 3. The number of aryl methyl sites for hydroxylation is 1. The van der Waals surface area contributed by atoms with Gasteiger partial charge in [-0.25, -0.2) is 4.98 Å². The van der Waals surface area contributed by atoms with Gasteiger partial charge in [0.25, 0.3) is 5.91 Å². The third-order valence-electron chi connectivity index (χ3n) is 5.03. The number of H-pyrrole nitrogens is 1. The lowest BCUT2D eigenvalue weighted by Crippen LogP contribution is -2.31. The zero-order valence-corrected chi connectivity index (χ0v) is 14.6. The van der Waals surface area contributed by atoms with E-state index in [0.717, 1.165) is 47.8 Å². The van der Waals surface area contributed by atoms with E-state index in [1.165, 1.54) is 0 Å². The fraction of sp³-hybridized carbons (Fsp3) is 0.300. The van der Waals surface area contributed by atoms with Gasteiger partial charge in [0.2, 0.25) is 0 Å². The summed E-state index contributed by atoms with van der Waals surface area (Å²) < 4.78 is 2.05. The van der Waals surface area contributed by atoms with Gasteiger partial charge in [-0.1, -0.05) is 6.07 Å². The van der Waals surface area contributed by atoms with Gasteiger partial charge in [-0.2, -0.15) is 0 Å². The van der Waals surface area contributed by atoms with Gasteiger partial charge in [-0.3, -0.25) is 4.79 Å². The van der Waals surface area contributed by atoms with E-state index in [1.54, 1.807) is 6.20 Å². The van der Waals surface area contributed by atoms with Crippen molar-refractivity contribution in [3.05, 3.63) is 71.4 Å². The predicted molar refractivity (Wildman–Crippen MR) is 96.8 cm³/mol. The number of aromatic nitrogens is 3. The lowest BCUT2D eigenvalue weighted by atomic mass is 10.1. The zero-order chi connectivity index (χ0) is 17.4. The molecule has 0 unspecified atom stereocenters. The normalized spacial score (nSPS) is 17.2. The van der Waals surface area contributed by atoms with Gasteiger partial charge in [0.1, 0.15) is 5.82 Å². The Balaban J connectivity index is 1.69. The molecular weight excluding hydrogens is 312 g/mol. The zero-order valence-electron chi connectivity index (χ0n) is 14.6. The average Bonchev–Trinajstić information content (AvgIpc) is 3.34. The molecule has 1 aliphatic heterocycles. The molecule has 3 aromatic rings. The van der Waals surface area contributed by atoms with Gasteiger partial charge in [0.15, 0.2) is 0 Å². The van der Waals surface area contributed by atoms with Crippen LogP contribution in [0.5, 0.6) is 0 Å². The smallest absolute Gasteiger partial charge is 0.256 e. The van der Waals surface area contributed by atoms with E-state index in [2.05, 4.69) is 16.0 Å².